The van der Waals surface area contributed by atoms with Gasteiger partial charge in [-0.25, -0.2) is 4.79 Å². The highest BCUT2D eigenvalue weighted by Crippen LogP contribution is 2.32. The van der Waals surface area contributed by atoms with Crippen molar-refractivity contribution in [1.29, 1.82) is 0 Å². The van der Waals surface area contributed by atoms with Crippen LogP contribution >= 0.6 is 0 Å². The van der Waals surface area contributed by atoms with Crippen LogP contribution in [-0.4, -0.2) is 55.8 Å². The van der Waals surface area contributed by atoms with Crippen molar-refractivity contribution in [1.82, 2.24) is 9.55 Å². The van der Waals surface area contributed by atoms with Crippen LogP contribution in [0.3, 0.4) is 0 Å². The second-order valence-corrected chi connectivity index (χ2v) is 4.44. The van der Waals surface area contributed by atoms with Gasteiger partial charge < -0.3 is 18.9 Å². The van der Waals surface area contributed by atoms with Gasteiger partial charge in [-0.3, -0.25) is 14.3 Å². The summed E-state index contributed by atoms with van der Waals surface area (Å²) in [4.78, 5) is 25.1. The molecule has 1 fully saturated rings. The lowest BCUT2D eigenvalue weighted by atomic mass is 10.1. The van der Waals surface area contributed by atoms with Gasteiger partial charge >= 0.3 is 5.69 Å². The number of hydrogen-bond acceptors (Lipinski definition) is 6. The molecular formula is C12H18N2O6. The second-order valence-electron chi connectivity index (χ2n) is 4.44. The summed E-state index contributed by atoms with van der Waals surface area (Å²) in [5.74, 6) is 0. The van der Waals surface area contributed by atoms with Gasteiger partial charge in [0.25, 0.3) is 5.56 Å². The van der Waals surface area contributed by atoms with Gasteiger partial charge in [0, 0.05) is 33.6 Å². The van der Waals surface area contributed by atoms with Crippen LogP contribution in [0.15, 0.2) is 21.9 Å². The summed E-state index contributed by atoms with van der Waals surface area (Å²) in [6.45, 7) is 0.312. The van der Waals surface area contributed by atoms with E-state index in [1.807, 2.05) is 0 Å². The van der Waals surface area contributed by atoms with Gasteiger partial charge in [0.2, 0.25) is 0 Å². The summed E-state index contributed by atoms with van der Waals surface area (Å²) in [6, 6.07) is 1.25. The molecule has 0 amide bonds. The van der Waals surface area contributed by atoms with Gasteiger partial charge in [-0.2, -0.15) is 0 Å². The zero-order valence-electron chi connectivity index (χ0n) is 11.6. The largest absolute Gasteiger partial charge is 0.382 e. The molecule has 8 nitrogen and oxygen atoms in total. The minimum atomic E-state index is -0.686. The Kier molecular flexibility index (Phi) is 4.71. The molecule has 1 aliphatic rings. The van der Waals surface area contributed by atoms with Crippen LogP contribution in [0.1, 0.15) is 6.23 Å². The van der Waals surface area contributed by atoms with Gasteiger partial charge in [0.1, 0.15) is 18.3 Å². The van der Waals surface area contributed by atoms with Crippen LogP contribution in [0.4, 0.5) is 0 Å². The Morgan fingerprint density at radius 2 is 1.95 bits per heavy atom. The molecule has 0 saturated carbocycles. The topological polar surface area (TPSA) is 91.8 Å². The van der Waals surface area contributed by atoms with E-state index >= 15 is 0 Å². The molecule has 0 aromatic carbocycles. The molecule has 1 N–H and O–H groups in total. The zero-order valence-corrected chi connectivity index (χ0v) is 11.6. The van der Waals surface area contributed by atoms with E-state index in [4.69, 9.17) is 18.9 Å². The molecule has 4 atom stereocenters. The number of hydrogen-bond donors (Lipinski definition) is 1. The number of rotatable bonds is 5. The van der Waals surface area contributed by atoms with Gasteiger partial charge in [-0.1, -0.05) is 0 Å². The Bertz CT molecular complexity index is 553. The predicted molar refractivity (Wildman–Crippen MR) is 68.7 cm³/mol. The molecule has 8 heteroatoms. The minimum absolute atomic E-state index is 0.312. The molecule has 0 aliphatic carbocycles. The highest BCUT2D eigenvalue weighted by Gasteiger charge is 2.46. The molecule has 112 valence electrons. The van der Waals surface area contributed by atoms with Gasteiger partial charge in [-0.05, 0) is 0 Å². The average molecular weight is 286 g/mol. The first-order valence-electron chi connectivity index (χ1n) is 6.13. The van der Waals surface area contributed by atoms with Crippen molar-refractivity contribution in [2.24, 2.45) is 0 Å². The third-order valence-electron chi connectivity index (χ3n) is 3.29. The number of methoxy groups -OCH3 is 3. The van der Waals surface area contributed by atoms with E-state index in [2.05, 4.69) is 4.98 Å². The highest BCUT2D eigenvalue weighted by atomic mass is 16.6. The lowest BCUT2D eigenvalue weighted by Gasteiger charge is -2.22. The zero-order chi connectivity index (χ0) is 14.7. The van der Waals surface area contributed by atoms with Crippen molar-refractivity contribution in [2.75, 3.05) is 27.9 Å². The third kappa shape index (κ3) is 2.68. The molecule has 0 radical (unpaired) electrons. The summed E-state index contributed by atoms with van der Waals surface area (Å²) in [5.41, 5.74) is -1.02. The van der Waals surface area contributed by atoms with Gasteiger partial charge in [0.05, 0.1) is 6.61 Å². The first-order valence-corrected chi connectivity index (χ1v) is 6.13. The number of aromatic nitrogens is 2. The number of nitrogens with zero attached hydrogens (tertiary/aromatic N) is 1. The van der Waals surface area contributed by atoms with Crippen LogP contribution < -0.4 is 11.2 Å². The van der Waals surface area contributed by atoms with Crippen molar-refractivity contribution in [3.05, 3.63) is 33.1 Å². The van der Waals surface area contributed by atoms with E-state index in [9.17, 15) is 9.59 Å². The number of aromatic amines is 1. The number of nitrogens with one attached hydrogen (secondary N) is 1. The van der Waals surface area contributed by atoms with Crippen LogP contribution in [0.5, 0.6) is 0 Å². The molecule has 2 rings (SSSR count). The second kappa shape index (κ2) is 6.31. The maximum absolute atomic E-state index is 11.8. The van der Waals surface area contributed by atoms with Gasteiger partial charge in [0.15, 0.2) is 6.23 Å². The third-order valence-corrected chi connectivity index (χ3v) is 3.29. The van der Waals surface area contributed by atoms with Crippen molar-refractivity contribution < 1.29 is 18.9 Å². The molecule has 1 aromatic rings. The van der Waals surface area contributed by atoms with Crippen LogP contribution in [0.25, 0.3) is 0 Å². The normalized spacial score (nSPS) is 29.8. The van der Waals surface area contributed by atoms with Gasteiger partial charge in [-0.15, -0.1) is 0 Å². The van der Waals surface area contributed by atoms with Crippen molar-refractivity contribution in [3.63, 3.8) is 0 Å². The van der Waals surface area contributed by atoms with Crippen LogP contribution in [0.2, 0.25) is 0 Å². The first kappa shape index (κ1) is 14.9. The molecule has 20 heavy (non-hydrogen) atoms. The Morgan fingerprint density at radius 1 is 1.25 bits per heavy atom. The Balaban J connectivity index is 2.35. The fourth-order valence-corrected chi connectivity index (χ4v) is 2.39. The predicted octanol–water partition coefficient (Wildman–Crippen LogP) is -0.890. The summed E-state index contributed by atoms with van der Waals surface area (Å²) in [5, 5.41) is 0. The SMILES string of the molecule is COC[C@H]1O[C@@H](n2ccc(=O)[nH]c2=O)[C@H](OC)[C@@H]1OC. The lowest BCUT2D eigenvalue weighted by molar-refractivity contribution is -0.0673. The molecule has 0 bridgehead atoms. The highest BCUT2D eigenvalue weighted by molar-refractivity contribution is 4.94. The van der Waals surface area contributed by atoms with E-state index in [1.54, 1.807) is 14.2 Å². The molecule has 2 heterocycles. The molecule has 0 unspecified atom stereocenters. The van der Waals surface area contributed by atoms with E-state index in [-0.39, 0.29) is 12.2 Å². The average Bonchev–Trinajstić information content (AvgIpc) is 2.76. The molecule has 1 aromatic heterocycles. The summed E-state index contributed by atoms with van der Waals surface area (Å²) in [7, 11) is 4.61. The van der Waals surface area contributed by atoms with Crippen molar-refractivity contribution >= 4 is 0 Å². The summed E-state index contributed by atoms with van der Waals surface area (Å²) < 4.78 is 22.9. The smallest absolute Gasteiger partial charge is 0.330 e. The molecule has 0 spiro atoms. The molecule has 1 aliphatic heterocycles. The van der Waals surface area contributed by atoms with Crippen LogP contribution in [0, 0.1) is 0 Å². The molecular weight excluding hydrogens is 268 g/mol. The summed E-state index contributed by atoms with van der Waals surface area (Å²) in [6.07, 6.45) is -0.527. The van der Waals surface area contributed by atoms with Crippen molar-refractivity contribution in [3.8, 4) is 0 Å². The first-order chi connectivity index (χ1) is 9.62. The lowest BCUT2D eigenvalue weighted by Crippen LogP contribution is -2.39. The van der Waals surface area contributed by atoms with E-state index in [1.165, 1.54) is 23.9 Å². The maximum Gasteiger partial charge on any atom is 0.330 e. The quantitative estimate of drug-likeness (QED) is 0.755. The number of ether oxygens (including phenoxy) is 4. The van der Waals surface area contributed by atoms with Crippen LogP contribution in [-0.2, 0) is 18.9 Å². The minimum Gasteiger partial charge on any atom is -0.382 e. The van der Waals surface area contributed by atoms with E-state index in [0.29, 0.717) is 6.61 Å². The Labute approximate surface area is 115 Å². The standard InChI is InChI=1S/C12H18N2O6/c1-17-6-7-9(18-2)10(19-3)11(20-7)14-5-4-8(15)13-12(14)16/h4-5,7,9-11H,6H2,1-3H3,(H,13,15,16)/t7-,9-,10-,11-/m1/s1. The fraction of sp³-hybridized carbons (Fsp3) is 0.667. The van der Waals surface area contributed by atoms with E-state index < -0.39 is 23.6 Å². The van der Waals surface area contributed by atoms with Crippen molar-refractivity contribution in [2.45, 2.75) is 24.5 Å². The fourth-order valence-electron chi connectivity index (χ4n) is 2.39. The number of H-pyrrole nitrogens is 1. The Morgan fingerprint density at radius 3 is 2.50 bits per heavy atom. The maximum atomic E-state index is 11.8. The Hall–Kier alpha value is -1.48. The van der Waals surface area contributed by atoms with E-state index in [0.717, 1.165) is 0 Å². The summed E-state index contributed by atoms with van der Waals surface area (Å²) >= 11 is 0. The monoisotopic (exact) mass is 286 g/mol. The molecule has 1 saturated heterocycles.